The smallest absolute Gasteiger partial charge is 0.292 e. The van der Waals surface area contributed by atoms with E-state index < -0.39 is 0 Å². The summed E-state index contributed by atoms with van der Waals surface area (Å²) < 4.78 is 21.5. The van der Waals surface area contributed by atoms with Crippen LogP contribution < -0.4 is 0 Å². The van der Waals surface area contributed by atoms with E-state index >= 15 is 0 Å². The fourth-order valence-corrected chi connectivity index (χ4v) is 4.09. The zero-order chi connectivity index (χ0) is 22.8. The van der Waals surface area contributed by atoms with Crippen molar-refractivity contribution in [1.82, 2.24) is 24.6 Å². The van der Waals surface area contributed by atoms with E-state index in [0.29, 0.717) is 37.4 Å². The number of benzene rings is 2. The second-order valence-corrected chi connectivity index (χ2v) is 7.77. The van der Waals surface area contributed by atoms with Gasteiger partial charge in [-0.05, 0) is 17.7 Å². The molecule has 0 radical (unpaired) electrons. The Morgan fingerprint density at radius 3 is 2.76 bits per heavy atom. The van der Waals surface area contributed by atoms with Gasteiger partial charge in [-0.3, -0.25) is 9.48 Å². The molecule has 1 N–H and O–H groups in total. The Balaban J connectivity index is 1.43. The minimum atomic E-state index is -0.371. The first-order valence-electron chi connectivity index (χ1n) is 10.7. The fourth-order valence-electron chi connectivity index (χ4n) is 4.09. The summed E-state index contributed by atoms with van der Waals surface area (Å²) in [4.78, 5) is 23.5. The molecule has 1 atom stereocenters. The monoisotopic (exact) mass is 447 g/mol. The van der Waals surface area contributed by atoms with Crippen LogP contribution in [0.3, 0.4) is 0 Å². The third-order valence-corrected chi connectivity index (χ3v) is 5.78. The minimum absolute atomic E-state index is 0.0155. The number of aliphatic hydroxyl groups excluding tert-OH is 1. The number of carbonyl (C=O) groups is 1. The number of amides is 1. The first-order valence-corrected chi connectivity index (χ1v) is 10.7. The maximum absolute atomic E-state index is 14.1. The number of nitrogens with zero attached hydrogens (tertiary/aromatic N) is 5. The van der Waals surface area contributed by atoms with Gasteiger partial charge in [0.1, 0.15) is 5.82 Å². The normalized spacial score (nSPS) is 16.3. The molecule has 1 saturated heterocycles. The van der Waals surface area contributed by atoms with Gasteiger partial charge < -0.3 is 14.7 Å². The quantitative estimate of drug-likeness (QED) is 0.506. The molecule has 1 unspecified atom stereocenters. The van der Waals surface area contributed by atoms with Gasteiger partial charge in [0.25, 0.3) is 5.91 Å². The van der Waals surface area contributed by atoms with Gasteiger partial charge in [0.15, 0.2) is 0 Å². The van der Waals surface area contributed by atoms with Crippen LogP contribution >= 0.6 is 0 Å². The average molecular weight is 447 g/mol. The molecule has 8 nitrogen and oxygen atoms in total. The van der Waals surface area contributed by atoms with Crippen LogP contribution in [0.15, 0.2) is 61.1 Å². The van der Waals surface area contributed by atoms with Crippen molar-refractivity contribution in [2.75, 3.05) is 26.4 Å². The number of aromatic nitrogens is 4. The van der Waals surface area contributed by atoms with Gasteiger partial charge in [-0.1, -0.05) is 30.3 Å². The number of aliphatic hydroxyl groups is 1. The Morgan fingerprint density at radius 1 is 1.15 bits per heavy atom. The second kappa shape index (κ2) is 9.05. The molecule has 1 aliphatic heterocycles. The lowest BCUT2D eigenvalue weighted by Gasteiger charge is -2.35. The molecule has 3 heterocycles. The van der Waals surface area contributed by atoms with E-state index in [1.807, 2.05) is 18.2 Å². The van der Waals surface area contributed by atoms with Gasteiger partial charge in [-0.15, -0.1) is 0 Å². The molecule has 2 aromatic carbocycles. The first-order chi connectivity index (χ1) is 16.2. The fraction of sp³-hybridized carbons (Fsp3) is 0.250. The van der Waals surface area contributed by atoms with Gasteiger partial charge >= 0.3 is 0 Å². The molecule has 0 bridgehead atoms. The number of ether oxygens (including phenoxy) is 1. The molecular weight excluding hydrogens is 425 g/mol. The van der Waals surface area contributed by atoms with Crippen LogP contribution in [0.25, 0.3) is 22.0 Å². The summed E-state index contributed by atoms with van der Waals surface area (Å²) in [6.07, 6.45) is 4.68. The summed E-state index contributed by atoms with van der Waals surface area (Å²) in [7, 11) is 0. The zero-order valence-corrected chi connectivity index (χ0v) is 17.8. The van der Waals surface area contributed by atoms with E-state index in [1.54, 1.807) is 34.0 Å². The predicted molar refractivity (Wildman–Crippen MR) is 119 cm³/mol. The molecule has 1 aliphatic rings. The van der Waals surface area contributed by atoms with E-state index in [-0.39, 0.29) is 30.2 Å². The molecule has 4 aromatic rings. The predicted octanol–water partition coefficient (Wildman–Crippen LogP) is 2.84. The Labute approximate surface area is 189 Å². The highest BCUT2D eigenvalue weighted by molar-refractivity contribution is 5.91. The summed E-state index contributed by atoms with van der Waals surface area (Å²) in [5.74, 6) is -0.634. The number of hydrogen-bond donors (Lipinski definition) is 1. The van der Waals surface area contributed by atoms with Gasteiger partial charge in [-0.2, -0.15) is 5.10 Å². The van der Waals surface area contributed by atoms with Crippen molar-refractivity contribution in [3.63, 3.8) is 0 Å². The van der Waals surface area contributed by atoms with Crippen LogP contribution in [0.4, 0.5) is 4.39 Å². The van der Waals surface area contributed by atoms with Crippen LogP contribution in [0.1, 0.15) is 22.2 Å². The lowest BCUT2D eigenvalue weighted by molar-refractivity contribution is -0.00331. The minimum Gasteiger partial charge on any atom is -0.394 e. The molecule has 33 heavy (non-hydrogen) atoms. The zero-order valence-electron chi connectivity index (χ0n) is 17.8. The van der Waals surface area contributed by atoms with Crippen molar-refractivity contribution in [1.29, 1.82) is 0 Å². The molecule has 1 fully saturated rings. The first kappa shape index (κ1) is 21.2. The topological polar surface area (TPSA) is 93.4 Å². The molecule has 1 amide bonds. The van der Waals surface area contributed by atoms with E-state index in [9.17, 15) is 14.3 Å². The second-order valence-electron chi connectivity index (χ2n) is 7.77. The molecule has 2 aromatic heterocycles. The highest BCUT2D eigenvalue weighted by Crippen LogP contribution is 2.29. The van der Waals surface area contributed by atoms with Gasteiger partial charge in [0.2, 0.25) is 5.82 Å². The molecule has 0 spiro atoms. The number of hydrogen-bond acceptors (Lipinski definition) is 6. The van der Waals surface area contributed by atoms with E-state index in [0.717, 1.165) is 16.5 Å². The van der Waals surface area contributed by atoms with Crippen molar-refractivity contribution in [2.45, 2.75) is 12.6 Å². The largest absolute Gasteiger partial charge is 0.394 e. The lowest BCUT2D eigenvalue weighted by Crippen LogP contribution is -2.44. The molecular formula is C24H22FN5O3. The highest BCUT2D eigenvalue weighted by Gasteiger charge is 2.31. The van der Waals surface area contributed by atoms with Crippen molar-refractivity contribution >= 4 is 16.8 Å². The molecule has 0 saturated carbocycles. The highest BCUT2D eigenvalue weighted by atomic mass is 19.1. The molecule has 168 valence electrons. The van der Waals surface area contributed by atoms with E-state index in [4.69, 9.17) is 4.74 Å². The Morgan fingerprint density at radius 2 is 1.97 bits per heavy atom. The van der Waals surface area contributed by atoms with Crippen LogP contribution in [-0.2, 0) is 11.3 Å². The molecule has 5 rings (SSSR count). The summed E-state index contributed by atoms with van der Waals surface area (Å²) >= 11 is 0. The number of rotatable bonds is 5. The molecule has 9 heteroatoms. The number of morpholine rings is 1. The van der Waals surface area contributed by atoms with E-state index in [2.05, 4.69) is 15.1 Å². The van der Waals surface area contributed by atoms with Gasteiger partial charge in [-0.25, -0.2) is 14.4 Å². The number of halogens is 1. The summed E-state index contributed by atoms with van der Waals surface area (Å²) in [5.41, 5.74) is 2.67. The SMILES string of the molecule is O=C(c1ncc(-c2ccccc2F)cn1)N1CCOCC1c1ccc2cnn(CCO)c2c1. The molecule has 0 aliphatic carbocycles. The maximum Gasteiger partial charge on any atom is 0.292 e. The van der Waals surface area contributed by atoms with Crippen LogP contribution in [0.5, 0.6) is 0 Å². The van der Waals surface area contributed by atoms with Crippen molar-refractivity contribution in [3.8, 4) is 11.1 Å². The average Bonchev–Trinajstić information content (AvgIpc) is 3.26. The summed E-state index contributed by atoms with van der Waals surface area (Å²) in [5, 5.41) is 14.6. The standard InChI is InChI=1S/C24H22FN5O3/c25-20-4-2-1-3-19(20)18-12-26-23(27-13-18)24(32)29-8-10-33-15-22(29)16-5-6-17-14-28-30(7-9-31)21(17)11-16/h1-6,11-14,22,31H,7-10,15H2. The lowest BCUT2D eigenvalue weighted by atomic mass is 10.0. The number of carbonyl (C=O) groups excluding carboxylic acids is 1. The van der Waals surface area contributed by atoms with Gasteiger partial charge in [0.05, 0.1) is 44.1 Å². The van der Waals surface area contributed by atoms with E-state index in [1.165, 1.54) is 18.5 Å². The van der Waals surface area contributed by atoms with Crippen molar-refractivity contribution < 1.29 is 19.0 Å². The Bertz CT molecular complexity index is 1290. The third kappa shape index (κ3) is 4.08. The maximum atomic E-state index is 14.1. The summed E-state index contributed by atoms with van der Waals surface area (Å²) in [6.45, 7) is 1.53. The van der Waals surface area contributed by atoms with Gasteiger partial charge in [0, 0.05) is 35.5 Å². The Hall–Kier alpha value is -3.69. The third-order valence-electron chi connectivity index (χ3n) is 5.78. The summed E-state index contributed by atoms with van der Waals surface area (Å²) in [6, 6.07) is 11.9. The van der Waals surface area contributed by atoms with Crippen LogP contribution in [0, 0.1) is 5.82 Å². The van der Waals surface area contributed by atoms with Crippen molar-refractivity contribution in [2.24, 2.45) is 0 Å². The van der Waals surface area contributed by atoms with Crippen molar-refractivity contribution in [3.05, 3.63) is 78.3 Å². The van der Waals surface area contributed by atoms with Crippen LogP contribution in [-0.4, -0.2) is 62.0 Å². The number of fused-ring (bicyclic) bond motifs is 1. The Kier molecular flexibility index (Phi) is 5.80. The van der Waals surface area contributed by atoms with Crippen LogP contribution in [0.2, 0.25) is 0 Å².